The summed E-state index contributed by atoms with van der Waals surface area (Å²) in [6.07, 6.45) is 0. The number of nitrogens with one attached hydrogen (secondary N) is 2. The molecule has 24 heavy (non-hydrogen) atoms. The Bertz CT molecular complexity index is 878. The monoisotopic (exact) mass is 389 g/mol. The zero-order valence-electron chi connectivity index (χ0n) is 12.9. The minimum Gasteiger partial charge on any atom is -0.497 e. The maximum atomic E-state index is 12.6. The van der Waals surface area contributed by atoms with Crippen molar-refractivity contribution in [3.8, 4) is 5.75 Å². The van der Waals surface area contributed by atoms with Crippen molar-refractivity contribution in [2.45, 2.75) is 6.04 Å². The number of methoxy groups -OCH3 is 1. The highest BCUT2D eigenvalue weighted by molar-refractivity contribution is 9.10. The van der Waals surface area contributed by atoms with Crippen LogP contribution < -0.4 is 10.1 Å². The number of hydrogen-bond acceptors (Lipinski definition) is 4. The lowest BCUT2D eigenvalue weighted by molar-refractivity contribution is 0.0912. The fourth-order valence-electron chi connectivity index (χ4n) is 2.48. The van der Waals surface area contributed by atoms with Gasteiger partial charge in [-0.1, -0.05) is 28.1 Å². The van der Waals surface area contributed by atoms with Gasteiger partial charge in [-0.2, -0.15) is 5.10 Å². The van der Waals surface area contributed by atoms with Crippen LogP contribution in [0.1, 0.15) is 22.1 Å². The number of amides is 1. The molecule has 124 valence electrons. The number of aromatic nitrogens is 2. The van der Waals surface area contributed by atoms with E-state index in [9.17, 15) is 9.90 Å². The Morgan fingerprint density at radius 2 is 2.21 bits per heavy atom. The molecule has 0 aliphatic heterocycles. The molecule has 1 amide bonds. The average molecular weight is 390 g/mol. The number of H-pyrrole nitrogens is 1. The summed E-state index contributed by atoms with van der Waals surface area (Å²) in [4.78, 5) is 12.6. The second kappa shape index (κ2) is 7.02. The third kappa shape index (κ3) is 3.27. The summed E-state index contributed by atoms with van der Waals surface area (Å²) in [5.41, 5.74) is 1.81. The van der Waals surface area contributed by atoms with Crippen LogP contribution in [0.5, 0.6) is 5.75 Å². The lowest BCUT2D eigenvalue weighted by atomic mass is 10.1. The van der Waals surface area contributed by atoms with Crippen molar-refractivity contribution in [2.24, 2.45) is 0 Å². The molecule has 0 bridgehead atoms. The summed E-state index contributed by atoms with van der Waals surface area (Å²) in [7, 11) is 1.57. The Kier molecular flexibility index (Phi) is 4.82. The molecule has 0 aliphatic carbocycles. The number of halogens is 1. The molecule has 7 heteroatoms. The van der Waals surface area contributed by atoms with Gasteiger partial charge in [-0.15, -0.1) is 0 Å². The molecule has 1 aromatic heterocycles. The van der Waals surface area contributed by atoms with Crippen LogP contribution in [0.15, 0.2) is 46.9 Å². The van der Waals surface area contributed by atoms with Crippen molar-refractivity contribution in [1.82, 2.24) is 15.5 Å². The van der Waals surface area contributed by atoms with Crippen molar-refractivity contribution in [3.63, 3.8) is 0 Å². The van der Waals surface area contributed by atoms with E-state index < -0.39 is 6.04 Å². The van der Waals surface area contributed by atoms with Gasteiger partial charge in [0.1, 0.15) is 5.75 Å². The Labute approximate surface area is 147 Å². The molecular formula is C17H16BrN3O3. The normalized spacial score (nSPS) is 12.1. The van der Waals surface area contributed by atoms with E-state index in [2.05, 4.69) is 31.4 Å². The van der Waals surface area contributed by atoms with E-state index in [0.29, 0.717) is 11.1 Å². The maximum absolute atomic E-state index is 12.6. The second-order valence-electron chi connectivity index (χ2n) is 5.25. The van der Waals surface area contributed by atoms with Gasteiger partial charge in [0.15, 0.2) is 5.69 Å². The third-order valence-corrected chi connectivity index (χ3v) is 4.22. The Hall–Kier alpha value is -2.38. The molecule has 0 aliphatic rings. The first-order valence-electron chi connectivity index (χ1n) is 7.31. The Morgan fingerprint density at radius 1 is 1.38 bits per heavy atom. The van der Waals surface area contributed by atoms with E-state index in [4.69, 9.17) is 4.74 Å². The van der Waals surface area contributed by atoms with Crippen molar-refractivity contribution >= 4 is 32.7 Å². The van der Waals surface area contributed by atoms with E-state index in [1.165, 1.54) is 0 Å². The van der Waals surface area contributed by atoms with Gasteiger partial charge < -0.3 is 15.2 Å². The fourth-order valence-corrected chi connectivity index (χ4v) is 2.84. The number of hydrogen-bond donors (Lipinski definition) is 3. The minimum absolute atomic E-state index is 0.231. The SMILES string of the molecule is COc1cccc(C(CO)NC(=O)c2n[nH]c3ccc(Br)cc23)c1. The van der Waals surface area contributed by atoms with Crippen molar-refractivity contribution in [2.75, 3.05) is 13.7 Å². The number of aliphatic hydroxyl groups is 1. The van der Waals surface area contributed by atoms with E-state index >= 15 is 0 Å². The number of ether oxygens (including phenoxy) is 1. The number of nitrogens with zero attached hydrogens (tertiary/aromatic N) is 1. The first-order valence-corrected chi connectivity index (χ1v) is 8.11. The molecule has 0 saturated heterocycles. The Morgan fingerprint density at radius 3 is 2.96 bits per heavy atom. The largest absolute Gasteiger partial charge is 0.497 e. The molecule has 1 unspecified atom stereocenters. The quantitative estimate of drug-likeness (QED) is 0.625. The highest BCUT2D eigenvalue weighted by Gasteiger charge is 2.19. The van der Waals surface area contributed by atoms with Crippen LogP contribution in [0.3, 0.4) is 0 Å². The number of rotatable bonds is 5. The van der Waals surface area contributed by atoms with Crippen LogP contribution in [-0.2, 0) is 0 Å². The lowest BCUT2D eigenvalue weighted by Gasteiger charge is -2.17. The molecule has 1 atom stereocenters. The number of aromatic amines is 1. The molecule has 3 N–H and O–H groups in total. The van der Waals surface area contributed by atoms with Gasteiger partial charge in [-0.25, -0.2) is 0 Å². The van der Waals surface area contributed by atoms with Gasteiger partial charge in [0.25, 0.3) is 5.91 Å². The summed E-state index contributed by atoms with van der Waals surface area (Å²) in [6, 6.07) is 12.2. The lowest BCUT2D eigenvalue weighted by Crippen LogP contribution is -2.31. The molecule has 2 aromatic carbocycles. The molecule has 0 saturated carbocycles. The van der Waals surface area contributed by atoms with Gasteiger partial charge >= 0.3 is 0 Å². The standard InChI is InChI=1S/C17H16BrN3O3/c1-24-12-4-2-3-10(7-12)15(9-22)19-17(23)16-13-8-11(18)5-6-14(13)20-21-16/h2-8,15,22H,9H2,1H3,(H,19,23)(H,20,21). The van der Waals surface area contributed by atoms with Gasteiger partial charge in [0, 0.05) is 9.86 Å². The second-order valence-corrected chi connectivity index (χ2v) is 6.16. The van der Waals surface area contributed by atoms with E-state index in [0.717, 1.165) is 15.6 Å². The zero-order chi connectivity index (χ0) is 17.1. The highest BCUT2D eigenvalue weighted by Crippen LogP contribution is 2.23. The molecular weight excluding hydrogens is 374 g/mol. The van der Waals surface area contributed by atoms with Crippen molar-refractivity contribution in [1.29, 1.82) is 0 Å². The van der Waals surface area contributed by atoms with Crippen LogP contribution in [0.25, 0.3) is 10.9 Å². The van der Waals surface area contributed by atoms with Crippen LogP contribution in [0, 0.1) is 0 Å². The van der Waals surface area contributed by atoms with Crippen LogP contribution in [-0.4, -0.2) is 34.9 Å². The molecule has 0 fully saturated rings. The number of carbonyl (C=O) groups excluding carboxylic acids is 1. The van der Waals surface area contributed by atoms with E-state index in [-0.39, 0.29) is 18.2 Å². The van der Waals surface area contributed by atoms with Gasteiger partial charge in [-0.05, 0) is 35.9 Å². The molecule has 0 radical (unpaired) electrons. The van der Waals surface area contributed by atoms with Crippen LogP contribution in [0.2, 0.25) is 0 Å². The summed E-state index contributed by atoms with van der Waals surface area (Å²) in [6.45, 7) is -0.231. The fraction of sp³-hybridized carbons (Fsp3) is 0.176. The molecule has 6 nitrogen and oxygen atoms in total. The highest BCUT2D eigenvalue weighted by atomic mass is 79.9. The number of carbonyl (C=O) groups is 1. The smallest absolute Gasteiger partial charge is 0.272 e. The van der Waals surface area contributed by atoms with Gasteiger partial charge in [0.2, 0.25) is 0 Å². The summed E-state index contributed by atoms with van der Waals surface area (Å²) in [5, 5.41) is 20.1. The topological polar surface area (TPSA) is 87.2 Å². The maximum Gasteiger partial charge on any atom is 0.272 e. The first kappa shape index (κ1) is 16.5. The summed E-state index contributed by atoms with van der Waals surface area (Å²) in [5.74, 6) is 0.301. The number of benzene rings is 2. The van der Waals surface area contributed by atoms with E-state index in [1.54, 1.807) is 19.2 Å². The molecule has 1 heterocycles. The first-order chi connectivity index (χ1) is 11.6. The zero-order valence-corrected chi connectivity index (χ0v) is 14.5. The molecule has 0 spiro atoms. The third-order valence-electron chi connectivity index (χ3n) is 3.72. The number of aliphatic hydroxyl groups excluding tert-OH is 1. The minimum atomic E-state index is -0.550. The predicted molar refractivity (Wildman–Crippen MR) is 94.1 cm³/mol. The number of fused-ring (bicyclic) bond motifs is 1. The van der Waals surface area contributed by atoms with Crippen LogP contribution in [0.4, 0.5) is 0 Å². The van der Waals surface area contributed by atoms with Crippen molar-refractivity contribution in [3.05, 3.63) is 58.2 Å². The Balaban J connectivity index is 1.87. The van der Waals surface area contributed by atoms with Crippen LogP contribution >= 0.6 is 15.9 Å². The van der Waals surface area contributed by atoms with Gasteiger partial charge in [0.05, 0.1) is 25.3 Å². The van der Waals surface area contributed by atoms with Crippen molar-refractivity contribution < 1.29 is 14.6 Å². The summed E-state index contributed by atoms with van der Waals surface area (Å²) >= 11 is 3.39. The average Bonchev–Trinajstić information content (AvgIpc) is 3.02. The molecule has 3 aromatic rings. The van der Waals surface area contributed by atoms with E-state index in [1.807, 2.05) is 30.3 Å². The van der Waals surface area contributed by atoms with Gasteiger partial charge in [-0.3, -0.25) is 9.89 Å². The predicted octanol–water partition coefficient (Wildman–Crippen LogP) is 2.80. The summed E-state index contributed by atoms with van der Waals surface area (Å²) < 4.78 is 6.04. The molecule has 3 rings (SSSR count).